The molecule has 3 amide bonds. The lowest BCUT2D eigenvalue weighted by Crippen LogP contribution is -2.38. The fourth-order valence-electron chi connectivity index (χ4n) is 2.34. The number of hydrogen-bond donors (Lipinski definition) is 2. The normalized spacial score (nSPS) is 15.4. The van der Waals surface area contributed by atoms with Crippen molar-refractivity contribution in [1.29, 1.82) is 0 Å². The van der Waals surface area contributed by atoms with E-state index in [0.717, 1.165) is 0 Å². The number of carbonyl (C=O) groups is 2. The number of hydrogen-bond acceptors (Lipinski definition) is 4. The van der Waals surface area contributed by atoms with Gasteiger partial charge in [-0.25, -0.2) is 9.80 Å². The largest absolute Gasteiger partial charge is 0.325 e. The zero-order chi connectivity index (χ0) is 17.9. The SMILES string of the molecule is CC1(C)SC(NC(=O)Nc2ccccc2)=NN1C(=O)c1ccccc1. The van der Waals surface area contributed by atoms with E-state index in [1.807, 2.05) is 38.1 Å². The van der Waals surface area contributed by atoms with Crippen molar-refractivity contribution in [3.05, 3.63) is 66.2 Å². The topological polar surface area (TPSA) is 73.8 Å². The molecule has 25 heavy (non-hydrogen) atoms. The summed E-state index contributed by atoms with van der Waals surface area (Å²) in [5.74, 6) is -0.210. The Balaban J connectivity index is 1.70. The highest BCUT2D eigenvalue weighted by molar-refractivity contribution is 8.15. The van der Waals surface area contributed by atoms with Crippen LogP contribution in [0.25, 0.3) is 0 Å². The molecule has 0 bridgehead atoms. The maximum Gasteiger partial charge on any atom is 0.325 e. The summed E-state index contributed by atoms with van der Waals surface area (Å²) in [6, 6.07) is 17.7. The van der Waals surface area contributed by atoms with Crippen molar-refractivity contribution >= 4 is 34.6 Å². The third-order valence-electron chi connectivity index (χ3n) is 3.51. The minimum Gasteiger partial charge on any atom is -0.308 e. The highest BCUT2D eigenvalue weighted by Crippen LogP contribution is 2.36. The average molecular weight is 354 g/mol. The lowest BCUT2D eigenvalue weighted by molar-refractivity contribution is 0.0691. The van der Waals surface area contributed by atoms with E-state index in [1.165, 1.54) is 16.8 Å². The number of carbonyl (C=O) groups excluding carboxylic acids is 2. The van der Waals surface area contributed by atoms with Gasteiger partial charge >= 0.3 is 6.03 Å². The summed E-state index contributed by atoms with van der Waals surface area (Å²) in [6.45, 7) is 3.76. The molecular formula is C18H18N4O2S. The first kappa shape index (κ1) is 17.0. The van der Waals surface area contributed by atoms with Gasteiger partial charge in [0.1, 0.15) is 4.87 Å². The molecule has 0 aromatic heterocycles. The van der Waals surface area contributed by atoms with Crippen LogP contribution >= 0.6 is 11.8 Å². The quantitative estimate of drug-likeness (QED) is 0.863. The van der Waals surface area contributed by atoms with Crippen molar-refractivity contribution in [3.8, 4) is 0 Å². The molecule has 0 saturated heterocycles. The van der Waals surface area contributed by atoms with Crippen LogP contribution in [0.15, 0.2) is 65.8 Å². The van der Waals surface area contributed by atoms with Crippen LogP contribution in [-0.2, 0) is 0 Å². The van der Waals surface area contributed by atoms with Gasteiger partial charge in [0.15, 0.2) is 5.17 Å². The first-order valence-electron chi connectivity index (χ1n) is 7.76. The lowest BCUT2D eigenvalue weighted by atomic mass is 10.2. The Hall–Kier alpha value is -2.80. The Bertz CT molecular complexity index is 806. The van der Waals surface area contributed by atoms with E-state index in [0.29, 0.717) is 16.4 Å². The van der Waals surface area contributed by atoms with E-state index in [1.54, 1.807) is 36.4 Å². The smallest absolute Gasteiger partial charge is 0.308 e. The number of rotatable bonds is 2. The molecule has 2 aromatic carbocycles. The van der Waals surface area contributed by atoms with Gasteiger partial charge in [-0.05, 0) is 38.1 Å². The van der Waals surface area contributed by atoms with Crippen LogP contribution in [0.4, 0.5) is 10.5 Å². The molecule has 0 saturated carbocycles. The second-order valence-corrected chi connectivity index (χ2v) is 7.47. The number of nitrogens with zero attached hydrogens (tertiary/aromatic N) is 2. The van der Waals surface area contributed by atoms with Gasteiger partial charge in [0.2, 0.25) is 0 Å². The summed E-state index contributed by atoms with van der Waals surface area (Å²) in [7, 11) is 0. The third kappa shape index (κ3) is 4.00. The number of amidine groups is 1. The van der Waals surface area contributed by atoms with E-state index in [2.05, 4.69) is 15.7 Å². The Kier molecular flexibility index (Phi) is 4.76. The Morgan fingerprint density at radius 2 is 1.56 bits per heavy atom. The van der Waals surface area contributed by atoms with E-state index in [-0.39, 0.29) is 5.91 Å². The van der Waals surface area contributed by atoms with Gasteiger partial charge in [-0.3, -0.25) is 10.1 Å². The molecule has 2 aromatic rings. The molecule has 6 nitrogen and oxygen atoms in total. The van der Waals surface area contributed by atoms with Crippen molar-refractivity contribution in [2.45, 2.75) is 18.7 Å². The fourth-order valence-corrected chi connectivity index (χ4v) is 3.29. The van der Waals surface area contributed by atoms with Gasteiger partial charge in [-0.2, -0.15) is 0 Å². The number of nitrogens with one attached hydrogen (secondary N) is 2. The minimum absolute atomic E-state index is 0.210. The second kappa shape index (κ2) is 6.98. The fraction of sp³-hybridized carbons (Fsp3) is 0.167. The summed E-state index contributed by atoms with van der Waals surface area (Å²) in [5, 5.41) is 11.5. The molecular weight excluding hydrogens is 336 g/mol. The van der Waals surface area contributed by atoms with Crippen LogP contribution in [0.2, 0.25) is 0 Å². The monoisotopic (exact) mass is 354 g/mol. The number of para-hydroxylation sites is 1. The third-order valence-corrected chi connectivity index (χ3v) is 4.56. The number of benzene rings is 2. The molecule has 1 heterocycles. The van der Waals surface area contributed by atoms with Crippen LogP contribution < -0.4 is 10.6 Å². The Morgan fingerprint density at radius 3 is 2.20 bits per heavy atom. The first-order valence-corrected chi connectivity index (χ1v) is 8.58. The zero-order valence-electron chi connectivity index (χ0n) is 13.9. The second-order valence-electron chi connectivity index (χ2n) is 5.88. The van der Waals surface area contributed by atoms with Gasteiger partial charge in [-0.1, -0.05) is 48.2 Å². The molecule has 2 N–H and O–H groups in total. The number of thioether (sulfide) groups is 1. The summed E-state index contributed by atoms with van der Waals surface area (Å²) in [5.41, 5.74) is 1.23. The summed E-state index contributed by atoms with van der Waals surface area (Å²) in [4.78, 5) is 24.2. The van der Waals surface area contributed by atoms with Crippen molar-refractivity contribution in [2.75, 3.05) is 5.32 Å². The van der Waals surface area contributed by atoms with Gasteiger partial charge in [-0.15, -0.1) is 5.10 Å². The highest BCUT2D eigenvalue weighted by atomic mass is 32.2. The molecule has 0 spiro atoms. The minimum atomic E-state index is -0.595. The number of hydrazone groups is 1. The van der Waals surface area contributed by atoms with Crippen LogP contribution in [0.1, 0.15) is 24.2 Å². The molecule has 0 unspecified atom stereocenters. The van der Waals surface area contributed by atoms with Crippen molar-refractivity contribution < 1.29 is 9.59 Å². The van der Waals surface area contributed by atoms with E-state index >= 15 is 0 Å². The van der Waals surface area contributed by atoms with Crippen LogP contribution in [0, 0.1) is 0 Å². The van der Waals surface area contributed by atoms with E-state index < -0.39 is 10.9 Å². The Morgan fingerprint density at radius 1 is 0.960 bits per heavy atom. The number of anilines is 1. The number of urea groups is 1. The molecule has 0 aliphatic carbocycles. The van der Waals surface area contributed by atoms with Gasteiger partial charge in [0.25, 0.3) is 5.91 Å². The van der Waals surface area contributed by atoms with Gasteiger partial charge in [0, 0.05) is 11.3 Å². The highest BCUT2D eigenvalue weighted by Gasteiger charge is 2.40. The van der Waals surface area contributed by atoms with Crippen LogP contribution in [0.3, 0.4) is 0 Å². The van der Waals surface area contributed by atoms with Crippen LogP contribution in [-0.4, -0.2) is 27.0 Å². The standard InChI is InChI=1S/C18H18N4O2S/c1-18(2)22(15(23)13-9-5-3-6-10-13)21-17(25-18)20-16(24)19-14-11-7-4-8-12-14/h3-12H,1-2H3,(H2,19,20,21,24). The van der Waals surface area contributed by atoms with Gasteiger partial charge < -0.3 is 5.32 Å². The maximum absolute atomic E-state index is 12.7. The predicted octanol–water partition coefficient (Wildman–Crippen LogP) is 3.70. The molecule has 1 aliphatic heterocycles. The average Bonchev–Trinajstić information content (AvgIpc) is 2.89. The molecule has 7 heteroatoms. The molecule has 3 rings (SSSR count). The summed E-state index contributed by atoms with van der Waals surface area (Å²) in [6.07, 6.45) is 0. The molecule has 1 aliphatic rings. The lowest BCUT2D eigenvalue weighted by Gasteiger charge is -2.27. The predicted molar refractivity (Wildman–Crippen MR) is 100 cm³/mol. The van der Waals surface area contributed by atoms with Crippen molar-refractivity contribution in [2.24, 2.45) is 5.10 Å². The first-order chi connectivity index (χ1) is 12.0. The zero-order valence-corrected chi connectivity index (χ0v) is 14.7. The number of amides is 3. The molecule has 128 valence electrons. The molecule has 0 radical (unpaired) electrons. The summed E-state index contributed by atoms with van der Waals surface area (Å²) < 4.78 is 0. The van der Waals surface area contributed by atoms with E-state index in [4.69, 9.17) is 0 Å². The van der Waals surface area contributed by atoms with Crippen LogP contribution in [0.5, 0.6) is 0 Å². The Labute approximate surface area is 150 Å². The maximum atomic E-state index is 12.7. The molecule has 0 atom stereocenters. The van der Waals surface area contributed by atoms with Gasteiger partial charge in [0.05, 0.1) is 0 Å². The molecule has 0 fully saturated rings. The summed E-state index contributed by atoms with van der Waals surface area (Å²) >= 11 is 1.32. The van der Waals surface area contributed by atoms with E-state index in [9.17, 15) is 9.59 Å². The van der Waals surface area contributed by atoms with Crippen molar-refractivity contribution in [3.63, 3.8) is 0 Å². The van der Waals surface area contributed by atoms with Crippen molar-refractivity contribution in [1.82, 2.24) is 10.3 Å².